The quantitative estimate of drug-likeness (QED) is 0.350. The van der Waals surface area contributed by atoms with Gasteiger partial charge in [-0.25, -0.2) is 4.98 Å². The first-order chi connectivity index (χ1) is 17.4. The molecule has 0 atom stereocenters. The van der Waals surface area contributed by atoms with E-state index in [4.69, 9.17) is 28.7 Å². The highest BCUT2D eigenvalue weighted by molar-refractivity contribution is 7.14. The van der Waals surface area contributed by atoms with Gasteiger partial charge in [-0.1, -0.05) is 0 Å². The summed E-state index contributed by atoms with van der Waals surface area (Å²) in [5.41, 5.74) is 1.89. The Hall–Kier alpha value is -3.50. The van der Waals surface area contributed by atoms with Crippen molar-refractivity contribution in [1.82, 2.24) is 9.88 Å². The number of rotatable bonds is 12. The molecule has 0 saturated heterocycles. The van der Waals surface area contributed by atoms with Crippen molar-refractivity contribution in [3.8, 4) is 40.0 Å². The molecule has 36 heavy (non-hydrogen) atoms. The lowest BCUT2D eigenvalue weighted by atomic mass is 10.1. The third-order valence-electron chi connectivity index (χ3n) is 5.55. The molecule has 3 aromatic rings. The number of nitrogens with zero attached hydrogens (tertiary/aromatic N) is 3. The van der Waals surface area contributed by atoms with Crippen LogP contribution in [0.4, 0.5) is 5.13 Å². The molecule has 0 bridgehead atoms. The van der Waals surface area contributed by atoms with Crippen molar-refractivity contribution in [2.24, 2.45) is 0 Å². The molecular weight excluding hydrogens is 482 g/mol. The van der Waals surface area contributed by atoms with E-state index in [2.05, 4.69) is 4.90 Å². The first-order valence-corrected chi connectivity index (χ1v) is 12.2. The molecule has 2 aromatic carbocycles. The van der Waals surface area contributed by atoms with E-state index >= 15 is 0 Å². The highest BCUT2D eigenvalue weighted by Crippen LogP contribution is 2.40. The van der Waals surface area contributed by atoms with Gasteiger partial charge < -0.3 is 28.6 Å². The molecule has 0 N–H and O–H groups in total. The number of hydrogen-bond acceptors (Lipinski definition) is 9. The smallest absolute Gasteiger partial charge is 0.260 e. The zero-order chi connectivity index (χ0) is 26.2. The Morgan fingerprint density at radius 2 is 1.53 bits per heavy atom. The van der Waals surface area contributed by atoms with Crippen molar-refractivity contribution >= 4 is 22.4 Å². The van der Waals surface area contributed by atoms with Crippen LogP contribution in [0, 0.1) is 0 Å². The lowest BCUT2D eigenvalue weighted by Gasteiger charge is -2.22. The predicted molar refractivity (Wildman–Crippen MR) is 142 cm³/mol. The van der Waals surface area contributed by atoms with Gasteiger partial charge in [0.1, 0.15) is 11.5 Å². The number of methoxy groups -OCH3 is 5. The summed E-state index contributed by atoms with van der Waals surface area (Å²) in [6.45, 7) is 1.30. The molecule has 0 fully saturated rings. The number of ether oxygens (including phenoxy) is 5. The second-order valence-corrected chi connectivity index (χ2v) is 8.95. The van der Waals surface area contributed by atoms with Gasteiger partial charge in [-0.3, -0.25) is 9.69 Å². The van der Waals surface area contributed by atoms with E-state index in [-0.39, 0.29) is 5.91 Å². The third-order valence-corrected chi connectivity index (χ3v) is 6.41. The molecule has 0 unspecified atom stereocenters. The molecule has 0 radical (unpaired) electrons. The number of benzene rings is 2. The van der Waals surface area contributed by atoms with Crippen LogP contribution in [-0.2, 0) is 0 Å². The minimum atomic E-state index is -0.216. The fourth-order valence-corrected chi connectivity index (χ4v) is 4.56. The van der Waals surface area contributed by atoms with Crippen LogP contribution in [0.3, 0.4) is 0 Å². The predicted octanol–water partition coefficient (Wildman–Crippen LogP) is 4.45. The molecule has 0 aliphatic carbocycles. The van der Waals surface area contributed by atoms with Crippen LogP contribution >= 0.6 is 11.3 Å². The minimum Gasteiger partial charge on any atom is -0.497 e. The van der Waals surface area contributed by atoms with Gasteiger partial charge in [-0.15, -0.1) is 11.3 Å². The summed E-state index contributed by atoms with van der Waals surface area (Å²) >= 11 is 1.39. The van der Waals surface area contributed by atoms with E-state index in [1.807, 2.05) is 37.7 Å². The Bertz CT molecular complexity index is 1160. The monoisotopic (exact) mass is 515 g/mol. The van der Waals surface area contributed by atoms with Crippen LogP contribution in [0.2, 0.25) is 0 Å². The summed E-state index contributed by atoms with van der Waals surface area (Å²) in [7, 11) is 11.8. The lowest BCUT2D eigenvalue weighted by molar-refractivity contribution is 0.0985. The van der Waals surface area contributed by atoms with Crippen molar-refractivity contribution in [3.63, 3.8) is 0 Å². The average Bonchev–Trinajstić information content (AvgIpc) is 3.38. The molecule has 0 aliphatic rings. The van der Waals surface area contributed by atoms with Crippen molar-refractivity contribution in [1.29, 1.82) is 0 Å². The minimum absolute atomic E-state index is 0.216. The average molecular weight is 516 g/mol. The fraction of sp³-hybridized carbons (Fsp3) is 0.385. The molecule has 9 nitrogen and oxygen atoms in total. The van der Waals surface area contributed by atoms with E-state index < -0.39 is 0 Å². The summed E-state index contributed by atoms with van der Waals surface area (Å²) < 4.78 is 27.2. The molecule has 0 aliphatic heterocycles. The maximum atomic E-state index is 13.8. The van der Waals surface area contributed by atoms with E-state index in [1.165, 1.54) is 32.7 Å². The molecule has 194 valence electrons. The van der Waals surface area contributed by atoms with Gasteiger partial charge in [0.25, 0.3) is 5.91 Å². The number of aromatic nitrogens is 1. The first kappa shape index (κ1) is 27.1. The highest BCUT2D eigenvalue weighted by atomic mass is 32.1. The summed E-state index contributed by atoms with van der Waals surface area (Å²) in [6, 6.07) is 8.85. The normalized spacial score (nSPS) is 10.8. The van der Waals surface area contributed by atoms with E-state index in [1.54, 1.807) is 31.3 Å². The van der Waals surface area contributed by atoms with Gasteiger partial charge in [-0.05, 0) is 57.4 Å². The van der Waals surface area contributed by atoms with Crippen LogP contribution in [-0.4, -0.2) is 78.5 Å². The molecule has 0 saturated carbocycles. The summed E-state index contributed by atoms with van der Waals surface area (Å²) in [6.07, 6.45) is 0.764. The van der Waals surface area contributed by atoms with Gasteiger partial charge in [0, 0.05) is 23.1 Å². The zero-order valence-corrected chi connectivity index (χ0v) is 22.6. The van der Waals surface area contributed by atoms with Crippen molar-refractivity contribution < 1.29 is 28.5 Å². The first-order valence-electron chi connectivity index (χ1n) is 11.3. The van der Waals surface area contributed by atoms with E-state index in [9.17, 15) is 4.79 Å². The summed E-state index contributed by atoms with van der Waals surface area (Å²) in [5, 5.41) is 2.49. The molecule has 3 rings (SSSR count). The topological polar surface area (TPSA) is 82.6 Å². The Labute approximate surface area is 216 Å². The SMILES string of the molecule is COc1ccc(OC)c(-c2csc(N(CCCN(C)C)C(=O)c3cc(OC)c(OC)c(OC)c3)n2)c1. The van der Waals surface area contributed by atoms with Gasteiger partial charge >= 0.3 is 0 Å². The lowest BCUT2D eigenvalue weighted by Crippen LogP contribution is -2.33. The summed E-state index contributed by atoms with van der Waals surface area (Å²) in [4.78, 5) is 22.4. The zero-order valence-electron chi connectivity index (χ0n) is 21.8. The van der Waals surface area contributed by atoms with Crippen LogP contribution in [0.1, 0.15) is 16.8 Å². The molecule has 1 amide bonds. The number of amides is 1. The number of carbonyl (C=O) groups excluding carboxylic acids is 1. The van der Waals surface area contributed by atoms with Crippen LogP contribution in [0.15, 0.2) is 35.7 Å². The van der Waals surface area contributed by atoms with Crippen molar-refractivity contribution in [3.05, 3.63) is 41.3 Å². The molecular formula is C26H33N3O6S. The van der Waals surface area contributed by atoms with Gasteiger partial charge in [0.2, 0.25) is 5.75 Å². The summed E-state index contributed by atoms with van der Waals surface area (Å²) in [5.74, 6) is 2.40. The highest BCUT2D eigenvalue weighted by Gasteiger charge is 2.25. The number of hydrogen-bond donors (Lipinski definition) is 0. The molecule has 1 heterocycles. The maximum Gasteiger partial charge on any atom is 0.260 e. The van der Waals surface area contributed by atoms with Crippen LogP contribution in [0.5, 0.6) is 28.7 Å². The maximum absolute atomic E-state index is 13.8. The number of carbonyl (C=O) groups is 1. The Morgan fingerprint density at radius 1 is 0.861 bits per heavy atom. The van der Waals surface area contributed by atoms with Crippen LogP contribution in [0.25, 0.3) is 11.3 Å². The molecule has 0 spiro atoms. The Morgan fingerprint density at radius 3 is 2.08 bits per heavy atom. The Balaban J connectivity index is 2.03. The standard InChI is InChI=1S/C26H33N3O6S/c1-28(2)11-8-12-29(25(30)17-13-22(33-5)24(35-7)23(14-17)34-6)26-27-20(16-36-26)19-15-18(31-3)9-10-21(19)32-4/h9-10,13-16H,8,11-12H2,1-7H3. The van der Waals surface area contributed by atoms with Crippen molar-refractivity contribution in [2.75, 3.05) is 67.6 Å². The second kappa shape index (κ2) is 12.5. The van der Waals surface area contributed by atoms with Gasteiger partial charge in [-0.2, -0.15) is 0 Å². The van der Waals surface area contributed by atoms with Gasteiger partial charge in [0.15, 0.2) is 16.6 Å². The van der Waals surface area contributed by atoms with E-state index in [0.717, 1.165) is 18.5 Å². The fourth-order valence-electron chi connectivity index (χ4n) is 3.72. The Kier molecular flexibility index (Phi) is 9.38. The molecule has 1 aromatic heterocycles. The van der Waals surface area contributed by atoms with Crippen molar-refractivity contribution in [2.45, 2.75) is 6.42 Å². The largest absolute Gasteiger partial charge is 0.497 e. The number of thiazole rings is 1. The third kappa shape index (κ3) is 6.00. The van der Waals surface area contributed by atoms with E-state index in [0.29, 0.717) is 51.7 Å². The van der Waals surface area contributed by atoms with Gasteiger partial charge in [0.05, 0.1) is 41.2 Å². The molecule has 10 heteroatoms. The number of anilines is 1. The van der Waals surface area contributed by atoms with Crippen LogP contribution < -0.4 is 28.6 Å². The second-order valence-electron chi connectivity index (χ2n) is 8.11.